The highest BCUT2D eigenvalue weighted by molar-refractivity contribution is 9.10. The Morgan fingerprint density at radius 2 is 2.00 bits per heavy atom. The molecular weight excluding hydrogens is 360 g/mol. The summed E-state index contributed by atoms with van der Waals surface area (Å²) in [5, 5.41) is 0. The molecule has 0 fully saturated rings. The molecule has 0 bridgehead atoms. The standard InChI is InChI=1S/C14H18Br2O2/c1-2-10-18-14(17)13(16)5-3-4-11-6-8-12(15)9-7-11/h6-9,13H,2-5,10H2,1H3. The molecule has 0 radical (unpaired) electrons. The maximum Gasteiger partial charge on any atom is 0.319 e. The van der Waals surface area contributed by atoms with Gasteiger partial charge < -0.3 is 4.74 Å². The zero-order valence-electron chi connectivity index (χ0n) is 10.5. The van der Waals surface area contributed by atoms with Crippen molar-refractivity contribution in [1.82, 2.24) is 0 Å². The summed E-state index contributed by atoms with van der Waals surface area (Å²) in [6.45, 7) is 2.50. The number of benzene rings is 1. The average molecular weight is 378 g/mol. The molecule has 0 N–H and O–H groups in total. The summed E-state index contributed by atoms with van der Waals surface area (Å²) in [5.74, 6) is -0.146. The topological polar surface area (TPSA) is 26.3 Å². The molecule has 1 rings (SSSR count). The van der Waals surface area contributed by atoms with Crippen molar-refractivity contribution in [3.05, 3.63) is 34.3 Å². The number of carbonyl (C=O) groups is 1. The van der Waals surface area contributed by atoms with Crippen LogP contribution in [-0.4, -0.2) is 17.4 Å². The lowest BCUT2D eigenvalue weighted by atomic mass is 10.1. The van der Waals surface area contributed by atoms with Gasteiger partial charge in [0.2, 0.25) is 0 Å². The maximum absolute atomic E-state index is 11.5. The van der Waals surface area contributed by atoms with Crippen LogP contribution in [0, 0.1) is 0 Å². The van der Waals surface area contributed by atoms with Crippen LogP contribution >= 0.6 is 31.9 Å². The monoisotopic (exact) mass is 376 g/mol. The van der Waals surface area contributed by atoms with Gasteiger partial charge in [0.1, 0.15) is 4.83 Å². The molecule has 0 aliphatic carbocycles. The first-order valence-corrected chi connectivity index (χ1v) is 7.89. The van der Waals surface area contributed by atoms with Crippen molar-refractivity contribution in [3.8, 4) is 0 Å². The molecular formula is C14H18Br2O2. The van der Waals surface area contributed by atoms with Gasteiger partial charge in [0, 0.05) is 4.47 Å². The Labute approximate surface area is 125 Å². The predicted octanol–water partition coefficient (Wildman–Crippen LogP) is 4.49. The molecule has 0 heterocycles. The lowest BCUT2D eigenvalue weighted by Gasteiger charge is -2.09. The Kier molecular flexibility index (Phi) is 7.59. The normalized spacial score (nSPS) is 12.2. The molecule has 0 saturated carbocycles. The summed E-state index contributed by atoms with van der Waals surface area (Å²) in [6, 6.07) is 8.28. The van der Waals surface area contributed by atoms with Gasteiger partial charge in [-0.1, -0.05) is 50.9 Å². The summed E-state index contributed by atoms with van der Waals surface area (Å²) in [5.41, 5.74) is 1.29. The Morgan fingerprint density at radius 1 is 1.33 bits per heavy atom. The minimum absolute atomic E-state index is 0.146. The molecule has 0 spiro atoms. The Bertz CT molecular complexity index is 363. The van der Waals surface area contributed by atoms with Crippen LogP contribution in [0.5, 0.6) is 0 Å². The van der Waals surface area contributed by atoms with Crippen molar-refractivity contribution >= 4 is 37.8 Å². The van der Waals surface area contributed by atoms with Crippen LogP contribution in [0.3, 0.4) is 0 Å². The second-order valence-corrected chi connectivity index (χ2v) is 6.17. The fourth-order valence-electron chi connectivity index (χ4n) is 1.55. The van der Waals surface area contributed by atoms with Gasteiger partial charge in [-0.25, -0.2) is 0 Å². The van der Waals surface area contributed by atoms with Crippen molar-refractivity contribution in [2.24, 2.45) is 0 Å². The van der Waals surface area contributed by atoms with E-state index in [1.807, 2.05) is 19.1 Å². The molecule has 1 aromatic carbocycles. The van der Waals surface area contributed by atoms with E-state index >= 15 is 0 Å². The first-order valence-electron chi connectivity index (χ1n) is 6.18. The Balaban J connectivity index is 2.24. The fourth-order valence-corrected chi connectivity index (χ4v) is 2.27. The molecule has 2 nitrogen and oxygen atoms in total. The smallest absolute Gasteiger partial charge is 0.319 e. The molecule has 4 heteroatoms. The number of hydrogen-bond donors (Lipinski definition) is 0. The Morgan fingerprint density at radius 3 is 2.61 bits per heavy atom. The van der Waals surface area contributed by atoms with Crippen LogP contribution in [0.15, 0.2) is 28.7 Å². The number of carbonyl (C=O) groups excluding carboxylic acids is 1. The van der Waals surface area contributed by atoms with Crippen LogP contribution in [0.4, 0.5) is 0 Å². The first-order chi connectivity index (χ1) is 8.63. The number of esters is 1. The van der Waals surface area contributed by atoms with Crippen LogP contribution in [0.1, 0.15) is 31.7 Å². The van der Waals surface area contributed by atoms with E-state index in [2.05, 4.69) is 44.0 Å². The quantitative estimate of drug-likeness (QED) is 0.517. The molecule has 18 heavy (non-hydrogen) atoms. The highest BCUT2D eigenvalue weighted by atomic mass is 79.9. The summed E-state index contributed by atoms with van der Waals surface area (Å²) in [6.07, 6.45) is 3.62. The SMILES string of the molecule is CCCOC(=O)C(Br)CCCc1ccc(Br)cc1. The zero-order chi connectivity index (χ0) is 13.4. The van der Waals surface area contributed by atoms with E-state index in [0.717, 1.165) is 30.2 Å². The maximum atomic E-state index is 11.5. The number of rotatable bonds is 7. The molecule has 0 aliphatic rings. The van der Waals surface area contributed by atoms with E-state index < -0.39 is 0 Å². The largest absolute Gasteiger partial charge is 0.465 e. The first kappa shape index (κ1) is 15.7. The van der Waals surface area contributed by atoms with Crippen LogP contribution in [0.25, 0.3) is 0 Å². The molecule has 0 saturated heterocycles. The minimum Gasteiger partial charge on any atom is -0.465 e. The molecule has 0 aliphatic heterocycles. The second-order valence-electron chi connectivity index (χ2n) is 4.15. The summed E-state index contributed by atoms with van der Waals surface area (Å²) >= 11 is 6.79. The van der Waals surface area contributed by atoms with Gasteiger partial charge in [-0.05, 0) is 43.4 Å². The van der Waals surface area contributed by atoms with E-state index in [9.17, 15) is 4.79 Å². The predicted molar refractivity (Wildman–Crippen MR) is 81.0 cm³/mol. The third-order valence-electron chi connectivity index (χ3n) is 2.54. The zero-order valence-corrected chi connectivity index (χ0v) is 13.7. The lowest BCUT2D eigenvalue weighted by Crippen LogP contribution is -2.18. The minimum atomic E-state index is -0.181. The van der Waals surface area contributed by atoms with Crippen LogP contribution in [-0.2, 0) is 16.0 Å². The number of hydrogen-bond acceptors (Lipinski definition) is 2. The van der Waals surface area contributed by atoms with E-state index in [-0.39, 0.29) is 10.8 Å². The third kappa shape index (κ3) is 6.01. The highest BCUT2D eigenvalue weighted by Crippen LogP contribution is 2.15. The average Bonchev–Trinajstić information content (AvgIpc) is 2.38. The molecule has 0 aromatic heterocycles. The van der Waals surface area contributed by atoms with Crippen molar-refractivity contribution in [2.45, 2.75) is 37.4 Å². The molecule has 1 aromatic rings. The summed E-state index contributed by atoms with van der Waals surface area (Å²) in [4.78, 5) is 11.3. The van der Waals surface area contributed by atoms with Gasteiger partial charge >= 0.3 is 5.97 Å². The molecule has 0 amide bonds. The van der Waals surface area contributed by atoms with E-state index in [1.165, 1.54) is 5.56 Å². The van der Waals surface area contributed by atoms with Gasteiger partial charge in [0.15, 0.2) is 0 Å². The fraction of sp³-hybridized carbons (Fsp3) is 0.500. The van der Waals surface area contributed by atoms with E-state index in [4.69, 9.17) is 4.74 Å². The third-order valence-corrected chi connectivity index (χ3v) is 3.90. The van der Waals surface area contributed by atoms with Gasteiger partial charge in [0.05, 0.1) is 6.61 Å². The van der Waals surface area contributed by atoms with Crippen molar-refractivity contribution in [2.75, 3.05) is 6.61 Å². The van der Waals surface area contributed by atoms with Crippen molar-refractivity contribution < 1.29 is 9.53 Å². The molecule has 100 valence electrons. The van der Waals surface area contributed by atoms with Crippen LogP contribution < -0.4 is 0 Å². The Hall–Kier alpha value is -0.350. The molecule has 1 atom stereocenters. The highest BCUT2D eigenvalue weighted by Gasteiger charge is 2.15. The number of alkyl halides is 1. The van der Waals surface area contributed by atoms with E-state index in [1.54, 1.807) is 0 Å². The number of aryl methyl sites for hydroxylation is 1. The van der Waals surface area contributed by atoms with Crippen molar-refractivity contribution in [1.29, 1.82) is 0 Å². The van der Waals surface area contributed by atoms with Crippen molar-refractivity contribution in [3.63, 3.8) is 0 Å². The number of ether oxygens (including phenoxy) is 1. The second kappa shape index (κ2) is 8.70. The number of halogens is 2. The lowest BCUT2D eigenvalue weighted by molar-refractivity contribution is -0.142. The van der Waals surface area contributed by atoms with Gasteiger partial charge in [-0.2, -0.15) is 0 Å². The van der Waals surface area contributed by atoms with Crippen LogP contribution in [0.2, 0.25) is 0 Å². The summed E-state index contributed by atoms with van der Waals surface area (Å²) < 4.78 is 6.17. The van der Waals surface area contributed by atoms with Gasteiger partial charge in [-0.3, -0.25) is 4.79 Å². The van der Waals surface area contributed by atoms with E-state index in [0.29, 0.717) is 6.61 Å². The van der Waals surface area contributed by atoms with Gasteiger partial charge in [-0.15, -0.1) is 0 Å². The molecule has 1 unspecified atom stereocenters. The van der Waals surface area contributed by atoms with Gasteiger partial charge in [0.25, 0.3) is 0 Å². The summed E-state index contributed by atoms with van der Waals surface area (Å²) in [7, 11) is 0.